The number of fused-ring (bicyclic) bond motifs is 8. The van der Waals surface area contributed by atoms with Crippen molar-refractivity contribution in [1.29, 1.82) is 0 Å². The zero-order chi connectivity index (χ0) is 32.3. The fourth-order valence-electron chi connectivity index (χ4n) is 7.30. The summed E-state index contributed by atoms with van der Waals surface area (Å²) >= 11 is 0. The SMILES string of the molecule is c1ccc(-c2nc(-c3ccccc3-c3cccc4oc5ccccc5c34)nc(-c3cc4ccccc4c4c3ccc3ccccc34)n2)cc1. The average Bonchev–Trinajstić information content (AvgIpc) is 3.56. The lowest BCUT2D eigenvalue weighted by molar-refractivity contribution is 0.669. The van der Waals surface area contributed by atoms with Crippen LogP contribution in [-0.2, 0) is 0 Å². The summed E-state index contributed by atoms with van der Waals surface area (Å²) < 4.78 is 6.28. The van der Waals surface area contributed by atoms with Gasteiger partial charge in [0, 0.05) is 27.5 Å². The first-order valence-electron chi connectivity index (χ1n) is 16.5. The molecule has 10 aromatic rings. The van der Waals surface area contributed by atoms with E-state index < -0.39 is 0 Å². The summed E-state index contributed by atoms with van der Waals surface area (Å²) in [6, 6.07) is 56.8. The first-order chi connectivity index (χ1) is 24.3. The number of nitrogens with zero attached hydrogens (tertiary/aromatic N) is 3. The van der Waals surface area contributed by atoms with Gasteiger partial charge in [-0.1, -0.05) is 146 Å². The Morgan fingerprint density at radius 2 is 0.918 bits per heavy atom. The maximum absolute atomic E-state index is 6.28. The molecular formula is C45H27N3O. The minimum atomic E-state index is 0.617. The van der Waals surface area contributed by atoms with Crippen LogP contribution in [0.5, 0.6) is 0 Å². The van der Waals surface area contributed by atoms with Gasteiger partial charge in [0.2, 0.25) is 0 Å². The molecule has 0 atom stereocenters. The molecule has 0 aliphatic carbocycles. The molecule has 8 aromatic carbocycles. The van der Waals surface area contributed by atoms with Gasteiger partial charge in [0.05, 0.1) is 0 Å². The molecule has 0 spiro atoms. The van der Waals surface area contributed by atoms with E-state index in [4.69, 9.17) is 19.4 Å². The van der Waals surface area contributed by atoms with E-state index in [1.54, 1.807) is 0 Å². The summed E-state index contributed by atoms with van der Waals surface area (Å²) in [5.74, 6) is 1.88. The molecule has 0 N–H and O–H groups in total. The topological polar surface area (TPSA) is 51.8 Å². The monoisotopic (exact) mass is 625 g/mol. The van der Waals surface area contributed by atoms with E-state index in [2.05, 4.69) is 127 Å². The van der Waals surface area contributed by atoms with Crippen LogP contribution in [0.25, 0.3) is 99.5 Å². The largest absolute Gasteiger partial charge is 0.456 e. The first-order valence-corrected chi connectivity index (χ1v) is 16.5. The fraction of sp³-hybridized carbons (Fsp3) is 0. The fourth-order valence-corrected chi connectivity index (χ4v) is 7.30. The molecule has 2 aromatic heterocycles. The quantitative estimate of drug-likeness (QED) is 0.183. The Morgan fingerprint density at radius 3 is 1.76 bits per heavy atom. The number of rotatable bonds is 4. The van der Waals surface area contributed by atoms with E-state index >= 15 is 0 Å². The van der Waals surface area contributed by atoms with Crippen molar-refractivity contribution >= 4 is 54.3 Å². The third kappa shape index (κ3) is 4.42. The maximum Gasteiger partial charge on any atom is 0.164 e. The highest BCUT2D eigenvalue weighted by molar-refractivity contribution is 6.23. The summed E-state index contributed by atoms with van der Waals surface area (Å²) in [4.78, 5) is 15.7. The van der Waals surface area contributed by atoms with Crippen molar-refractivity contribution in [2.24, 2.45) is 0 Å². The van der Waals surface area contributed by atoms with Crippen LogP contribution in [0.1, 0.15) is 0 Å². The van der Waals surface area contributed by atoms with Crippen LogP contribution in [0.15, 0.2) is 168 Å². The number of benzene rings is 8. The van der Waals surface area contributed by atoms with Gasteiger partial charge in [-0.25, -0.2) is 15.0 Å². The number of para-hydroxylation sites is 1. The van der Waals surface area contributed by atoms with Crippen molar-refractivity contribution in [2.75, 3.05) is 0 Å². The standard InChI is InChI=1S/C45H27N3O/c1-2-14-29(15-3-1)43-46-44(36-20-9-8-19-33(36)34-22-12-24-40-42(34)37-21-10-11-23-39(37)49-40)48-45(47-43)38-27-30-16-5-7-18-32(30)41-31-17-6-4-13-28(31)25-26-35(38)41/h1-27H. The molecule has 4 nitrogen and oxygen atoms in total. The van der Waals surface area contributed by atoms with Crippen molar-refractivity contribution in [1.82, 2.24) is 15.0 Å². The lowest BCUT2D eigenvalue weighted by atomic mass is 9.92. The molecule has 0 bridgehead atoms. The second-order valence-electron chi connectivity index (χ2n) is 12.3. The molecule has 10 rings (SSSR count). The molecule has 0 amide bonds. The van der Waals surface area contributed by atoms with Gasteiger partial charge in [0.15, 0.2) is 17.5 Å². The molecule has 228 valence electrons. The molecule has 0 saturated heterocycles. The normalized spacial score (nSPS) is 11.7. The molecule has 0 aliphatic heterocycles. The summed E-state index contributed by atoms with van der Waals surface area (Å²) in [5.41, 5.74) is 6.66. The average molecular weight is 626 g/mol. The minimum Gasteiger partial charge on any atom is -0.456 e. The third-order valence-electron chi connectivity index (χ3n) is 9.52. The van der Waals surface area contributed by atoms with Crippen molar-refractivity contribution in [3.63, 3.8) is 0 Å². The van der Waals surface area contributed by atoms with Gasteiger partial charge >= 0.3 is 0 Å². The van der Waals surface area contributed by atoms with Crippen molar-refractivity contribution in [2.45, 2.75) is 0 Å². The molecular weight excluding hydrogens is 599 g/mol. The van der Waals surface area contributed by atoms with Gasteiger partial charge < -0.3 is 4.42 Å². The van der Waals surface area contributed by atoms with Gasteiger partial charge in [-0.3, -0.25) is 0 Å². The Bertz CT molecular complexity index is 2870. The van der Waals surface area contributed by atoms with Crippen LogP contribution >= 0.6 is 0 Å². The summed E-state index contributed by atoms with van der Waals surface area (Å²) in [6.45, 7) is 0. The maximum atomic E-state index is 6.28. The van der Waals surface area contributed by atoms with Gasteiger partial charge in [0.1, 0.15) is 11.2 Å². The second kappa shape index (κ2) is 11.0. The molecule has 0 radical (unpaired) electrons. The van der Waals surface area contributed by atoms with Crippen LogP contribution in [0.4, 0.5) is 0 Å². The minimum absolute atomic E-state index is 0.617. The molecule has 0 unspecified atom stereocenters. The second-order valence-corrected chi connectivity index (χ2v) is 12.3. The highest BCUT2D eigenvalue weighted by Gasteiger charge is 2.20. The summed E-state index contributed by atoms with van der Waals surface area (Å²) in [5, 5.41) is 9.24. The Morgan fingerprint density at radius 1 is 0.327 bits per heavy atom. The van der Waals surface area contributed by atoms with Crippen LogP contribution < -0.4 is 0 Å². The van der Waals surface area contributed by atoms with Gasteiger partial charge in [-0.2, -0.15) is 0 Å². The summed E-state index contributed by atoms with van der Waals surface area (Å²) in [7, 11) is 0. The Kier molecular flexibility index (Phi) is 6.15. The smallest absolute Gasteiger partial charge is 0.164 e. The van der Waals surface area contributed by atoms with Gasteiger partial charge in [-0.15, -0.1) is 0 Å². The molecule has 2 heterocycles. The highest BCUT2D eigenvalue weighted by atomic mass is 16.3. The van der Waals surface area contributed by atoms with Gasteiger partial charge in [0.25, 0.3) is 0 Å². The number of hydrogen-bond donors (Lipinski definition) is 0. The van der Waals surface area contributed by atoms with Crippen LogP contribution in [0.3, 0.4) is 0 Å². The summed E-state index contributed by atoms with van der Waals surface area (Å²) in [6.07, 6.45) is 0. The van der Waals surface area contributed by atoms with Crippen molar-refractivity contribution < 1.29 is 4.42 Å². The van der Waals surface area contributed by atoms with E-state index in [9.17, 15) is 0 Å². The van der Waals surface area contributed by atoms with Gasteiger partial charge in [-0.05, 0) is 61.6 Å². The Labute approximate surface area is 282 Å². The van der Waals surface area contributed by atoms with Crippen LogP contribution in [-0.4, -0.2) is 15.0 Å². The van der Waals surface area contributed by atoms with E-state index in [0.717, 1.165) is 60.5 Å². The highest BCUT2D eigenvalue weighted by Crippen LogP contribution is 2.42. The zero-order valence-electron chi connectivity index (χ0n) is 26.3. The van der Waals surface area contributed by atoms with Crippen molar-refractivity contribution in [3.8, 4) is 45.3 Å². The lowest BCUT2D eigenvalue weighted by Crippen LogP contribution is -2.01. The zero-order valence-corrected chi connectivity index (χ0v) is 26.3. The van der Waals surface area contributed by atoms with E-state index in [1.807, 2.05) is 36.4 Å². The van der Waals surface area contributed by atoms with Crippen LogP contribution in [0, 0.1) is 0 Å². The van der Waals surface area contributed by atoms with Crippen molar-refractivity contribution in [3.05, 3.63) is 164 Å². The number of hydrogen-bond acceptors (Lipinski definition) is 4. The Balaban J connectivity index is 1.28. The van der Waals surface area contributed by atoms with E-state index in [-0.39, 0.29) is 0 Å². The van der Waals surface area contributed by atoms with E-state index in [0.29, 0.717) is 17.5 Å². The molecule has 0 fully saturated rings. The molecule has 0 aliphatic rings. The predicted octanol–water partition coefficient (Wildman–Crippen LogP) is 11.9. The predicted molar refractivity (Wildman–Crippen MR) is 201 cm³/mol. The number of aromatic nitrogens is 3. The first kappa shape index (κ1) is 27.5. The molecule has 49 heavy (non-hydrogen) atoms. The molecule has 0 saturated carbocycles. The molecule has 4 heteroatoms. The Hall–Kier alpha value is -6.65. The van der Waals surface area contributed by atoms with Crippen LogP contribution in [0.2, 0.25) is 0 Å². The van der Waals surface area contributed by atoms with E-state index in [1.165, 1.54) is 21.5 Å². The lowest BCUT2D eigenvalue weighted by Gasteiger charge is -2.15. The third-order valence-corrected chi connectivity index (χ3v) is 9.52. The number of furan rings is 1.